The van der Waals surface area contributed by atoms with Crippen LogP contribution in [0.15, 0.2) is 97.1 Å². The number of rotatable bonds is 6. The standard InChI is InChI=1S/C26H26O/c1-26(2,24-17-19-25(27)20-18-24)23(15-13-21-9-5-3-6-10-21)16-14-22-11-7-4-8-12-22/h3-20,23,27H,1-2H3. The van der Waals surface area contributed by atoms with Gasteiger partial charge in [-0.25, -0.2) is 0 Å². The van der Waals surface area contributed by atoms with Crippen molar-refractivity contribution in [3.63, 3.8) is 0 Å². The first-order chi connectivity index (χ1) is 13.1. The molecule has 0 saturated heterocycles. The minimum Gasteiger partial charge on any atom is -0.508 e. The predicted octanol–water partition coefficient (Wildman–Crippen LogP) is 6.71. The Kier molecular flexibility index (Phi) is 5.93. The summed E-state index contributed by atoms with van der Waals surface area (Å²) < 4.78 is 0. The molecular formula is C26H26O. The van der Waals surface area contributed by atoms with E-state index in [-0.39, 0.29) is 11.3 Å². The molecule has 0 fully saturated rings. The SMILES string of the molecule is CC(C)(c1ccc(O)cc1)C(C=Cc1ccccc1)C=Cc1ccccc1. The Bertz CT molecular complexity index is 838. The van der Waals surface area contributed by atoms with E-state index < -0.39 is 0 Å². The Morgan fingerprint density at radius 1 is 0.667 bits per heavy atom. The molecule has 0 heterocycles. The van der Waals surface area contributed by atoms with Crippen molar-refractivity contribution in [1.29, 1.82) is 0 Å². The number of phenolic OH excluding ortho intramolecular Hbond substituents is 1. The van der Waals surface area contributed by atoms with Gasteiger partial charge in [0.25, 0.3) is 0 Å². The smallest absolute Gasteiger partial charge is 0.115 e. The van der Waals surface area contributed by atoms with Gasteiger partial charge in [0.15, 0.2) is 0 Å². The molecule has 1 heteroatoms. The zero-order chi connectivity index (χ0) is 19.1. The molecule has 0 saturated carbocycles. The van der Waals surface area contributed by atoms with Gasteiger partial charge in [-0.15, -0.1) is 0 Å². The molecule has 3 aromatic rings. The molecule has 0 unspecified atom stereocenters. The first kappa shape index (κ1) is 18.7. The molecule has 3 rings (SSSR count). The van der Waals surface area contributed by atoms with Crippen LogP contribution in [0.2, 0.25) is 0 Å². The lowest BCUT2D eigenvalue weighted by atomic mass is 9.72. The summed E-state index contributed by atoms with van der Waals surface area (Å²) in [6.45, 7) is 4.49. The van der Waals surface area contributed by atoms with Crippen molar-refractivity contribution in [2.75, 3.05) is 0 Å². The molecule has 0 amide bonds. The molecule has 0 radical (unpaired) electrons. The Morgan fingerprint density at radius 3 is 1.56 bits per heavy atom. The predicted molar refractivity (Wildman–Crippen MR) is 116 cm³/mol. The fourth-order valence-electron chi connectivity index (χ4n) is 3.19. The van der Waals surface area contributed by atoms with Gasteiger partial charge in [0.1, 0.15) is 5.75 Å². The summed E-state index contributed by atoms with van der Waals surface area (Å²) in [5, 5.41) is 9.64. The summed E-state index contributed by atoms with van der Waals surface area (Å²) in [6.07, 6.45) is 8.90. The third kappa shape index (κ3) is 4.98. The molecule has 27 heavy (non-hydrogen) atoms. The van der Waals surface area contributed by atoms with Gasteiger partial charge in [-0.3, -0.25) is 0 Å². The fourth-order valence-corrected chi connectivity index (χ4v) is 3.19. The molecular weight excluding hydrogens is 328 g/mol. The highest BCUT2D eigenvalue weighted by molar-refractivity contribution is 5.54. The van der Waals surface area contributed by atoms with Gasteiger partial charge >= 0.3 is 0 Å². The molecule has 1 nitrogen and oxygen atoms in total. The van der Waals surface area contributed by atoms with Crippen LogP contribution in [0, 0.1) is 5.92 Å². The first-order valence-corrected chi connectivity index (χ1v) is 9.32. The lowest BCUT2D eigenvalue weighted by molar-refractivity contribution is 0.443. The van der Waals surface area contributed by atoms with Gasteiger partial charge in [0, 0.05) is 5.92 Å². The van der Waals surface area contributed by atoms with Crippen molar-refractivity contribution < 1.29 is 5.11 Å². The molecule has 0 aliphatic rings. The number of allylic oxidation sites excluding steroid dienone is 2. The van der Waals surface area contributed by atoms with Crippen LogP contribution in [-0.2, 0) is 5.41 Å². The third-order valence-corrected chi connectivity index (χ3v) is 5.04. The Labute approximate surface area is 162 Å². The van der Waals surface area contributed by atoms with E-state index >= 15 is 0 Å². The maximum atomic E-state index is 9.64. The lowest BCUT2D eigenvalue weighted by Gasteiger charge is -2.31. The molecule has 0 aliphatic heterocycles. The number of hydrogen-bond acceptors (Lipinski definition) is 1. The van der Waals surface area contributed by atoms with Crippen molar-refractivity contribution in [2.45, 2.75) is 19.3 Å². The maximum Gasteiger partial charge on any atom is 0.115 e. The summed E-state index contributed by atoms with van der Waals surface area (Å²) in [7, 11) is 0. The van der Waals surface area contributed by atoms with E-state index in [1.54, 1.807) is 12.1 Å². The Balaban J connectivity index is 1.94. The van der Waals surface area contributed by atoms with Crippen LogP contribution in [0.3, 0.4) is 0 Å². The highest BCUT2D eigenvalue weighted by Crippen LogP contribution is 2.35. The number of phenols is 1. The maximum absolute atomic E-state index is 9.64. The summed E-state index contributed by atoms with van der Waals surface area (Å²) in [4.78, 5) is 0. The van der Waals surface area contributed by atoms with Crippen LogP contribution in [-0.4, -0.2) is 5.11 Å². The highest BCUT2D eigenvalue weighted by Gasteiger charge is 2.27. The average Bonchev–Trinajstić information content (AvgIpc) is 2.69. The van der Waals surface area contributed by atoms with E-state index in [1.807, 2.05) is 24.3 Å². The van der Waals surface area contributed by atoms with E-state index in [1.165, 1.54) is 16.7 Å². The molecule has 0 aromatic heterocycles. The molecule has 0 spiro atoms. The molecule has 0 bridgehead atoms. The van der Waals surface area contributed by atoms with Crippen molar-refractivity contribution >= 4 is 12.2 Å². The van der Waals surface area contributed by atoms with Gasteiger partial charge in [-0.2, -0.15) is 0 Å². The highest BCUT2D eigenvalue weighted by atomic mass is 16.3. The number of hydrogen-bond donors (Lipinski definition) is 1. The monoisotopic (exact) mass is 354 g/mol. The molecule has 0 atom stereocenters. The second-order valence-corrected chi connectivity index (χ2v) is 7.33. The normalized spacial score (nSPS) is 13.3. The molecule has 136 valence electrons. The van der Waals surface area contributed by atoms with E-state index in [9.17, 15) is 5.11 Å². The molecule has 1 N–H and O–H groups in total. The quantitative estimate of drug-likeness (QED) is 0.521. The van der Waals surface area contributed by atoms with E-state index in [0.29, 0.717) is 5.75 Å². The Hall–Kier alpha value is -3.06. The minimum absolute atomic E-state index is 0.121. The second-order valence-electron chi connectivity index (χ2n) is 7.33. The van der Waals surface area contributed by atoms with Crippen molar-refractivity contribution in [3.05, 3.63) is 114 Å². The topological polar surface area (TPSA) is 20.2 Å². The lowest BCUT2D eigenvalue weighted by Crippen LogP contribution is -2.26. The van der Waals surface area contributed by atoms with Gasteiger partial charge in [-0.1, -0.05) is 111 Å². The van der Waals surface area contributed by atoms with E-state index in [2.05, 4.69) is 86.7 Å². The van der Waals surface area contributed by atoms with Gasteiger partial charge < -0.3 is 5.11 Å². The number of aromatic hydroxyl groups is 1. The van der Waals surface area contributed by atoms with Crippen molar-refractivity contribution in [3.8, 4) is 5.75 Å². The molecule has 3 aromatic carbocycles. The van der Waals surface area contributed by atoms with Crippen LogP contribution in [0.4, 0.5) is 0 Å². The summed E-state index contributed by atoms with van der Waals surface area (Å²) >= 11 is 0. The fraction of sp³-hybridized carbons (Fsp3) is 0.154. The summed E-state index contributed by atoms with van der Waals surface area (Å²) in [5.74, 6) is 0.494. The van der Waals surface area contributed by atoms with Crippen molar-refractivity contribution in [2.24, 2.45) is 5.92 Å². The van der Waals surface area contributed by atoms with Crippen LogP contribution >= 0.6 is 0 Å². The van der Waals surface area contributed by atoms with Crippen LogP contribution in [0.25, 0.3) is 12.2 Å². The zero-order valence-corrected chi connectivity index (χ0v) is 15.9. The second kappa shape index (κ2) is 8.55. The average molecular weight is 354 g/mol. The largest absolute Gasteiger partial charge is 0.508 e. The van der Waals surface area contributed by atoms with Crippen LogP contribution in [0.5, 0.6) is 5.75 Å². The Morgan fingerprint density at radius 2 is 1.11 bits per heavy atom. The number of benzene rings is 3. The van der Waals surface area contributed by atoms with Crippen molar-refractivity contribution in [1.82, 2.24) is 0 Å². The van der Waals surface area contributed by atoms with Crippen LogP contribution < -0.4 is 0 Å². The van der Waals surface area contributed by atoms with Gasteiger partial charge in [0.2, 0.25) is 0 Å². The summed E-state index contributed by atoms with van der Waals surface area (Å²) in [6, 6.07) is 28.3. The first-order valence-electron chi connectivity index (χ1n) is 9.32. The zero-order valence-electron chi connectivity index (χ0n) is 15.9. The third-order valence-electron chi connectivity index (χ3n) is 5.04. The van der Waals surface area contributed by atoms with Gasteiger partial charge in [-0.05, 0) is 34.2 Å². The molecule has 0 aliphatic carbocycles. The van der Waals surface area contributed by atoms with Crippen LogP contribution in [0.1, 0.15) is 30.5 Å². The van der Waals surface area contributed by atoms with E-state index in [4.69, 9.17) is 0 Å². The minimum atomic E-state index is -0.121. The summed E-state index contributed by atoms with van der Waals surface area (Å²) in [5.41, 5.74) is 3.46. The van der Waals surface area contributed by atoms with Gasteiger partial charge in [0.05, 0.1) is 0 Å². The van der Waals surface area contributed by atoms with E-state index in [0.717, 1.165) is 0 Å².